The fraction of sp³-hybridized carbons (Fsp3) is 0.225. The highest BCUT2D eigenvalue weighted by Crippen LogP contribution is 2.44. The number of Topliss-reactive ketones (excluding diaryl/α,β-unsaturated/α-hetero) is 1. The Hall–Kier alpha value is -4.38. The molecule has 0 N–H and O–H groups in total. The molecule has 2 fully saturated rings. The van der Waals surface area contributed by atoms with Gasteiger partial charge in [-0.15, -0.1) is 0 Å². The summed E-state index contributed by atoms with van der Waals surface area (Å²) in [6, 6.07) is 30.1. The van der Waals surface area contributed by atoms with Crippen LogP contribution in [0.25, 0.3) is 22.2 Å². The number of halogens is 3. The molecule has 0 bridgehead atoms. The van der Waals surface area contributed by atoms with Gasteiger partial charge in [0, 0.05) is 26.2 Å². The van der Waals surface area contributed by atoms with Crippen LogP contribution in [-0.2, 0) is 20.9 Å². The number of imide groups is 1. The number of hydrogen-bond donors (Lipinski definition) is 0. The number of hydrogen-bond acceptors (Lipinski definition) is 7. The van der Waals surface area contributed by atoms with E-state index in [1.165, 1.54) is 11.8 Å². The smallest absolute Gasteiger partial charge is 0.339 e. The lowest BCUT2D eigenvalue weighted by atomic mass is 9.81. The molecule has 2 aliphatic rings. The number of ether oxygens (including phenoxy) is 2. The second-order valence-corrected chi connectivity index (χ2v) is 15.4. The van der Waals surface area contributed by atoms with Gasteiger partial charge in [0.05, 0.1) is 39.3 Å². The summed E-state index contributed by atoms with van der Waals surface area (Å²) in [7, 11) is 0. The Morgan fingerprint density at radius 3 is 2.16 bits per heavy atom. The zero-order valence-corrected chi connectivity index (χ0v) is 31.2. The summed E-state index contributed by atoms with van der Waals surface area (Å²) in [5.41, 5.74) is 3.51. The van der Waals surface area contributed by atoms with E-state index in [-0.39, 0.29) is 44.7 Å². The molecule has 1 aliphatic heterocycles. The number of alkyl halides is 2. The predicted molar refractivity (Wildman–Crippen MR) is 203 cm³/mol. The van der Waals surface area contributed by atoms with Gasteiger partial charge in [0.25, 0.3) is 0 Å². The van der Waals surface area contributed by atoms with Crippen LogP contribution in [0.3, 0.4) is 0 Å². The van der Waals surface area contributed by atoms with Crippen molar-refractivity contribution in [2.75, 3.05) is 4.90 Å². The summed E-state index contributed by atoms with van der Waals surface area (Å²) < 4.78 is 11.5. The van der Waals surface area contributed by atoms with Crippen molar-refractivity contribution in [3.8, 4) is 17.0 Å². The normalized spacial score (nSPS) is 20.6. The number of carbonyl (C=O) groups excluding carboxylic acids is 4. The van der Waals surface area contributed by atoms with Gasteiger partial charge in [-0.2, -0.15) is 0 Å². The number of aromatic nitrogens is 1. The maximum absolute atomic E-state index is 13.7. The van der Waals surface area contributed by atoms with Gasteiger partial charge < -0.3 is 9.47 Å². The molecule has 258 valence electrons. The van der Waals surface area contributed by atoms with Crippen molar-refractivity contribution in [3.63, 3.8) is 0 Å². The standard InChI is InChI=1S/C40H31Br2ClN2O6/c1-22(37(46)25-12-16-27(17-13-25)50-21-23-6-3-2-4-7-23)51-40(49)31-20-35(44-36-28(31)8-5-9-34(36)43)24-10-14-26(15-11-24)45-38(47)29-18-32(41)33(42)19-30(29)39(45)48/h2-17,20,22,29-30,32-33H,18-19,21H2,1H3. The van der Waals surface area contributed by atoms with E-state index in [1.807, 2.05) is 30.3 Å². The van der Waals surface area contributed by atoms with Crippen LogP contribution in [0.4, 0.5) is 5.69 Å². The van der Waals surface area contributed by atoms with Gasteiger partial charge in [-0.05, 0) is 73.9 Å². The van der Waals surface area contributed by atoms with Crippen LogP contribution in [0.5, 0.6) is 5.75 Å². The summed E-state index contributed by atoms with van der Waals surface area (Å²) in [4.78, 5) is 59.9. The van der Waals surface area contributed by atoms with Crippen LogP contribution in [0, 0.1) is 11.8 Å². The lowest BCUT2D eigenvalue weighted by Crippen LogP contribution is -2.34. The minimum Gasteiger partial charge on any atom is -0.489 e. The molecule has 11 heteroatoms. The summed E-state index contributed by atoms with van der Waals surface area (Å²) in [5.74, 6) is -1.58. The van der Waals surface area contributed by atoms with Gasteiger partial charge in [0.15, 0.2) is 6.10 Å². The van der Waals surface area contributed by atoms with Crippen LogP contribution in [0.15, 0.2) is 103 Å². The number of ketones is 1. The van der Waals surface area contributed by atoms with E-state index >= 15 is 0 Å². The molecular weight excluding hydrogens is 800 g/mol. The van der Waals surface area contributed by atoms with Crippen LogP contribution in [-0.4, -0.2) is 44.3 Å². The van der Waals surface area contributed by atoms with Crippen molar-refractivity contribution in [2.24, 2.45) is 11.8 Å². The summed E-state index contributed by atoms with van der Waals surface area (Å²) >= 11 is 13.8. The van der Waals surface area contributed by atoms with Crippen molar-refractivity contribution >= 4 is 83.6 Å². The highest BCUT2D eigenvalue weighted by atomic mass is 79.9. The number of esters is 1. The molecule has 7 rings (SSSR count). The minimum absolute atomic E-state index is 0.114. The topological polar surface area (TPSA) is 103 Å². The molecule has 5 aromatic rings. The largest absolute Gasteiger partial charge is 0.489 e. The molecule has 1 saturated carbocycles. The van der Waals surface area contributed by atoms with Gasteiger partial charge in [-0.1, -0.05) is 98.1 Å². The molecule has 2 amide bonds. The number of rotatable bonds is 9. The van der Waals surface area contributed by atoms with Gasteiger partial charge >= 0.3 is 5.97 Å². The molecule has 51 heavy (non-hydrogen) atoms. The Bertz CT molecular complexity index is 2120. The van der Waals surface area contributed by atoms with Crippen molar-refractivity contribution in [2.45, 2.75) is 42.1 Å². The number of para-hydroxylation sites is 1. The molecule has 0 radical (unpaired) electrons. The van der Waals surface area contributed by atoms with E-state index in [0.717, 1.165) is 5.56 Å². The predicted octanol–water partition coefficient (Wildman–Crippen LogP) is 8.99. The average Bonchev–Trinajstić information content (AvgIpc) is 3.38. The number of nitrogens with zero attached hydrogens (tertiary/aromatic N) is 2. The monoisotopic (exact) mass is 828 g/mol. The van der Waals surface area contributed by atoms with Crippen molar-refractivity contribution in [3.05, 3.63) is 125 Å². The molecule has 4 aromatic carbocycles. The van der Waals surface area contributed by atoms with Gasteiger partial charge in [-0.25, -0.2) is 9.78 Å². The first-order valence-corrected chi connectivity index (χ1v) is 18.7. The second-order valence-electron chi connectivity index (χ2n) is 12.7. The van der Waals surface area contributed by atoms with Crippen molar-refractivity contribution in [1.29, 1.82) is 0 Å². The summed E-state index contributed by atoms with van der Waals surface area (Å²) in [6.45, 7) is 1.93. The number of benzene rings is 4. The van der Waals surface area contributed by atoms with Gasteiger partial charge in [0.2, 0.25) is 17.6 Å². The van der Waals surface area contributed by atoms with Gasteiger partial charge in [0.1, 0.15) is 12.4 Å². The third-order valence-corrected chi connectivity index (χ3v) is 12.4. The van der Waals surface area contributed by atoms with Gasteiger partial charge in [-0.3, -0.25) is 19.3 Å². The zero-order chi connectivity index (χ0) is 35.8. The summed E-state index contributed by atoms with van der Waals surface area (Å²) in [5, 5.41) is 0.809. The highest BCUT2D eigenvalue weighted by molar-refractivity contribution is 9.12. The van der Waals surface area contributed by atoms with E-state index in [2.05, 4.69) is 31.9 Å². The number of carbonyl (C=O) groups is 4. The molecule has 8 nitrogen and oxygen atoms in total. The summed E-state index contributed by atoms with van der Waals surface area (Å²) in [6.07, 6.45) is 0.0832. The lowest BCUT2D eigenvalue weighted by molar-refractivity contribution is -0.122. The molecule has 1 aromatic heterocycles. The number of pyridine rings is 1. The SMILES string of the molecule is CC(OC(=O)c1cc(-c2ccc(N3C(=O)C4CC(Br)C(Br)CC4C3=O)cc2)nc2c(Cl)cccc12)C(=O)c1ccc(OCc2ccccc2)cc1. The molecular formula is C40H31Br2ClN2O6. The number of amides is 2. The molecule has 1 saturated heterocycles. The quantitative estimate of drug-likeness (QED) is 0.0633. The van der Waals surface area contributed by atoms with E-state index in [1.54, 1.807) is 72.8 Å². The van der Waals surface area contributed by atoms with Crippen LogP contribution in [0.1, 0.15) is 46.0 Å². The fourth-order valence-corrected chi connectivity index (χ4v) is 8.08. The highest BCUT2D eigenvalue weighted by Gasteiger charge is 2.52. The third kappa shape index (κ3) is 7.09. The van der Waals surface area contributed by atoms with Crippen LogP contribution < -0.4 is 9.64 Å². The Morgan fingerprint density at radius 2 is 1.51 bits per heavy atom. The maximum atomic E-state index is 13.7. The van der Waals surface area contributed by atoms with E-state index in [0.29, 0.717) is 63.6 Å². The number of anilines is 1. The minimum atomic E-state index is -1.09. The van der Waals surface area contributed by atoms with E-state index < -0.39 is 12.1 Å². The molecule has 2 heterocycles. The Labute approximate surface area is 316 Å². The van der Waals surface area contributed by atoms with Crippen molar-refractivity contribution < 1.29 is 28.7 Å². The Morgan fingerprint density at radius 1 is 0.863 bits per heavy atom. The first-order chi connectivity index (χ1) is 24.6. The Balaban J connectivity index is 1.09. The molecule has 1 aliphatic carbocycles. The third-order valence-electron chi connectivity index (χ3n) is 9.38. The van der Waals surface area contributed by atoms with Crippen LogP contribution in [0.2, 0.25) is 5.02 Å². The first-order valence-electron chi connectivity index (χ1n) is 16.5. The average molecular weight is 831 g/mol. The Kier molecular flexibility index (Phi) is 10.1. The lowest BCUT2D eigenvalue weighted by Gasteiger charge is -2.29. The van der Waals surface area contributed by atoms with E-state index in [4.69, 9.17) is 26.1 Å². The number of fused-ring (bicyclic) bond motifs is 2. The van der Waals surface area contributed by atoms with Crippen molar-refractivity contribution in [1.82, 2.24) is 4.98 Å². The maximum Gasteiger partial charge on any atom is 0.339 e. The fourth-order valence-electron chi connectivity index (χ4n) is 6.63. The molecule has 5 unspecified atom stereocenters. The zero-order valence-electron chi connectivity index (χ0n) is 27.3. The second kappa shape index (κ2) is 14.7. The molecule has 0 spiro atoms. The van der Waals surface area contributed by atoms with E-state index in [9.17, 15) is 19.2 Å². The first kappa shape index (κ1) is 35.0. The van der Waals surface area contributed by atoms with Crippen LogP contribution >= 0.6 is 43.5 Å². The molecule has 5 atom stereocenters.